The lowest BCUT2D eigenvalue weighted by Crippen LogP contribution is -2.49. The molecule has 1 amide bonds. The Labute approximate surface area is 119 Å². The van der Waals surface area contributed by atoms with Gasteiger partial charge in [0.25, 0.3) is 0 Å². The van der Waals surface area contributed by atoms with Crippen LogP contribution >= 0.6 is 0 Å². The van der Waals surface area contributed by atoms with Crippen molar-refractivity contribution in [2.75, 3.05) is 7.05 Å². The summed E-state index contributed by atoms with van der Waals surface area (Å²) in [6.45, 7) is 0.521. The van der Waals surface area contributed by atoms with E-state index in [-0.39, 0.29) is 11.8 Å². The smallest absolute Gasteiger partial charge is 0.225 e. The Balaban J connectivity index is 1.62. The van der Waals surface area contributed by atoms with E-state index in [1.54, 1.807) is 11.0 Å². The summed E-state index contributed by atoms with van der Waals surface area (Å²) in [6.07, 6.45) is 7.11. The van der Waals surface area contributed by atoms with Gasteiger partial charge in [0.2, 0.25) is 5.91 Å². The van der Waals surface area contributed by atoms with Crippen LogP contribution in [0.5, 0.6) is 0 Å². The molecule has 2 N–H and O–H groups in total. The minimum Gasteiger partial charge on any atom is -0.364 e. The topological polar surface area (TPSA) is 72.4 Å². The summed E-state index contributed by atoms with van der Waals surface area (Å²) < 4.78 is 4.81. The molecule has 5 nitrogen and oxygen atoms in total. The van der Waals surface area contributed by atoms with Crippen molar-refractivity contribution in [2.24, 2.45) is 23.5 Å². The van der Waals surface area contributed by atoms with E-state index in [0.29, 0.717) is 24.4 Å². The van der Waals surface area contributed by atoms with Gasteiger partial charge in [-0.25, -0.2) is 0 Å². The molecule has 1 aromatic heterocycles. The number of aromatic nitrogens is 1. The zero-order valence-corrected chi connectivity index (χ0v) is 12.0. The number of rotatable bonds is 3. The standard InChI is InChI=1S/C15H23N3O2/c1-18(9-13-5-6-20-17-13)15(19)12-7-10-3-2-4-11(8-12)14(10)16/h5-6,10-12,14H,2-4,7-9,16H2,1H3. The van der Waals surface area contributed by atoms with Crippen LogP contribution in [0.25, 0.3) is 0 Å². The zero-order chi connectivity index (χ0) is 14.1. The fraction of sp³-hybridized carbons (Fsp3) is 0.733. The van der Waals surface area contributed by atoms with Crippen LogP contribution in [0.1, 0.15) is 37.8 Å². The summed E-state index contributed by atoms with van der Waals surface area (Å²) in [4.78, 5) is 14.4. The molecule has 3 rings (SSSR count). The molecule has 2 aliphatic carbocycles. The van der Waals surface area contributed by atoms with Gasteiger partial charge in [-0.05, 0) is 37.5 Å². The number of nitrogens with zero attached hydrogens (tertiary/aromatic N) is 2. The molecule has 1 heterocycles. The lowest BCUT2D eigenvalue weighted by Gasteiger charge is -2.44. The van der Waals surface area contributed by atoms with Crippen LogP contribution < -0.4 is 5.73 Å². The third-order valence-electron chi connectivity index (χ3n) is 5.03. The molecule has 2 atom stereocenters. The molecule has 20 heavy (non-hydrogen) atoms. The molecule has 0 saturated heterocycles. The summed E-state index contributed by atoms with van der Waals surface area (Å²) in [5, 5.41) is 3.86. The molecule has 1 aromatic rings. The van der Waals surface area contributed by atoms with Crippen LogP contribution in [-0.4, -0.2) is 29.1 Å². The Bertz CT molecular complexity index is 446. The number of amides is 1. The number of fused-ring (bicyclic) bond motifs is 2. The molecule has 2 saturated carbocycles. The maximum absolute atomic E-state index is 12.6. The van der Waals surface area contributed by atoms with Gasteiger partial charge in [-0.2, -0.15) is 0 Å². The van der Waals surface area contributed by atoms with E-state index in [1.165, 1.54) is 25.5 Å². The van der Waals surface area contributed by atoms with E-state index >= 15 is 0 Å². The van der Waals surface area contributed by atoms with Gasteiger partial charge in [-0.15, -0.1) is 0 Å². The number of carbonyl (C=O) groups excluding carboxylic acids is 1. The van der Waals surface area contributed by atoms with Crippen molar-refractivity contribution in [1.82, 2.24) is 10.1 Å². The first-order valence-electron chi connectivity index (χ1n) is 7.55. The van der Waals surface area contributed by atoms with Crippen molar-refractivity contribution in [1.29, 1.82) is 0 Å². The second-order valence-electron chi connectivity index (χ2n) is 6.38. The Morgan fingerprint density at radius 1 is 1.45 bits per heavy atom. The first kappa shape index (κ1) is 13.6. The third kappa shape index (κ3) is 2.59. The van der Waals surface area contributed by atoms with E-state index in [9.17, 15) is 4.79 Å². The molecule has 0 spiro atoms. The van der Waals surface area contributed by atoms with Crippen LogP contribution in [0.2, 0.25) is 0 Å². The molecule has 5 heteroatoms. The minimum atomic E-state index is 0.141. The van der Waals surface area contributed by atoms with Gasteiger partial charge < -0.3 is 15.2 Å². The maximum atomic E-state index is 12.6. The number of hydrogen-bond donors (Lipinski definition) is 1. The minimum absolute atomic E-state index is 0.141. The number of hydrogen-bond acceptors (Lipinski definition) is 4. The van der Waals surface area contributed by atoms with Gasteiger partial charge in [0.15, 0.2) is 0 Å². The molecular weight excluding hydrogens is 254 g/mol. The highest BCUT2D eigenvalue weighted by Gasteiger charge is 2.41. The highest BCUT2D eigenvalue weighted by Crippen LogP contribution is 2.42. The summed E-state index contributed by atoms with van der Waals surface area (Å²) in [5.74, 6) is 1.45. The Morgan fingerprint density at radius 3 is 2.75 bits per heavy atom. The van der Waals surface area contributed by atoms with Gasteiger partial charge in [0.05, 0.1) is 6.54 Å². The van der Waals surface area contributed by atoms with Crippen molar-refractivity contribution >= 4 is 5.91 Å². The van der Waals surface area contributed by atoms with Crippen LogP contribution in [0.15, 0.2) is 16.9 Å². The highest BCUT2D eigenvalue weighted by atomic mass is 16.5. The van der Waals surface area contributed by atoms with Gasteiger partial charge >= 0.3 is 0 Å². The molecule has 110 valence electrons. The van der Waals surface area contributed by atoms with Gasteiger partial charge in [0, 0.05) is 25.1 Å². The summed E-state index contributed by atoms with van der Waals surface area (Å²) in [6, 6.07) is 2.11. The van der Waals surface area contributed by atoms with Crippen LogP contribution in [0.4, 0.5) is 0 Å². The summed E-state index contributed by atoms with van der Waals surface area (Å²) in [5.41, 5.74) is 7.08. The molecule has 2 bridgehead atoms. The third-order valence-corrected chi connectivity index (χ3v) is 5.03. The van der Waals surface area contributed by atoms with E-state index in [0.717, 1.165) is 18.5 Å². The summed E-state index contributed by atoms with van der Waals surface area (Å²) >= 11 is 0. The van der Waals surface area contributed by atoms with Crippen LogP contribution in [-0.2, 0) is 11.3 Å². The quantitative estimate of drug-likeness (QED) is 0.914. The number of nitrogens with two attached hydrogens (primary N) is 1. The Hall–Kier alpha value is -1.36. The van der Waals surface area contributed by atoms with E-state index < -0.39 is 0 Å². The highest BCUT2D eigenvalue weighted by molar-refractivity contribution is 5.78. The van der Waals surface area contributed by atoms with Gasteiger partial charge in [-0.3, -0.25) is 4.79 Å². The lowest BCUT2D eigenvalue weighted by molar-refractivity contribution is -0.137. The van der Waals surface area contributed by atoms with Crippen LogP contribution in [0.3, 0.4) is 0 Å². The molecule has 2 fully saturated rings. The lowest BCUT2D eigenvalue weighted by atomic mass is 9.65. The normalized spacial score (nSPS) is 32.9. The first-order chi connectivity index (χ1) is 9.65. The predicted molar refractivity (Wildman–Crippen MR) is 74.5 cm³/mol. The van der Waals surface area contributed by atoms with Crippen molar-refractivity contribution in [3.8, 4) is 0 Å². The SMILES string of the molecule is CN(Cc1ccon1)C(=O)C1CC2CCCC(C1)C2N. The average molecular weight is 277 g/mol. The van der Waals surface area contributed by atoms with Gasteiger partial charge in [0.1, 0.15) is 12.0 Å². The molecule has 0 radical (unpaired) electrons. The molecule has 2 unspecified atom stereocenters. The van der Waals surface area contributed by atoms with Crippen molar-refractivity contribution in [3.05, 3.63) is 18.0 Å². The van der Waals surface area contributed by atoms with Gasteiger partial charge in [-0.1, -0.05) is 11.6 Å². The Morgan fingerprint density at radius 2 is 2.15 bits per heavy atom. The molecule has 0 aromatic carbocycles. The average Bonchev–Trinajstić information content (AvgIpc) is 2.90. The second-order valence-corrected chi connectivity index (χ2v) is 6.38. The van der Waals surface area contributed by atoms with Crippen molar-refractivity contribution in [3.63, 3.8) is 0 Å². The van der Waals surface area contributed by atoms with Crippen molar-refractivity contribution < 1.29 is 9.32 Å². The largest absolute Gasteiger partial charge is 0.364 e. The molecule has 0 aliphatic heterocycles. The first-order valence-corrected chi connectivity index (χ1v) is 7.55. The monoisotopic (exact) mass is 277 g/mol. The Kier molecular flexibility index (Phi) is 3.78. The zero-order valence-electron chi connectivity index (χ0n) is 12.0. The second kappa shape index (κ2) is 5.56. The molecular formula is C15H23N3O2. The fourth-order valence-electron chi connectivity index (χ4n) is 3.94. The predicted octanol–water partition coefficient (Wildman–Crippen LogP) is 1.79. The van der Waals surface area contributed by atoms with E-state index in [4.69, 9.17) is 10.3 Å². The molecule has 2 aliphatic rings. The van der Waals surface area contributed by atoms with Crippen LogP contribution in [0, 0.1) is 17.8 Å². The van der Waals surface area contributed by atoms with E-state index in [1.807, 2.05) is 7.05 Å². The number of carbonyl (C=O) groups is 1. The van der Waals surface area contributed by atoms with E-state index in [2.05, 4.69) is 5.16 Å². The summed E-state index contributed by atoms with van der Waals surface area (Å²) in [7, 11) is 1.85. The maximum Gasteiger partial charge on any atom is 0.225 e. The van der Waals surface area contributed by atoms with Crippen molar-refractivity contribution in [2.45, 2.75) is 44.7 Å². The fourth-order valence-corrected chi connectivity index (χ4v) is 3.94.